The van der Waals surface area contributed by atoms with Crippen LogP contribution >= 0.6 is 0 Å². The van der Waals surface area contributed by atoms with Crippen LogP contribution in [-0.4, -0.2) is 32.2 Å². The second-order valence-corrected chi connectivity index (χ2v) is 5.53. The van der Waals surface area contributed by atoms with Crippen molar-refractivity contribution in [3.63, 3.8) is 0 Å². The summed E-state index contributed by atoms with van der Waals surface area (Å²) in [5.41, 5.74) is 5.25. The summed E-state index contributed by atoms with van der Waals surface area (Å²) in [7, 11) is 3.07. The number of amides is 2. The number of methoxy groups -OCH3 is 2. The fourth-order valence-corrected chi connectivity index (χ4v) is 2.33. The van der Waals surface area contributed by atoms with E-state index in [0.717, 1.165) is 11.1 Å². The van der Waals surface area contributed by atoms with Crippen LogP contribution in [-0.2, 0) is 9.59 Å². The average Bonchev–Trinajstić information content (AvgIpc) is 2.64. The van der Waals surface area contributed by atoms with Gasteiger partial charge >= 0.3 is 11.8 Å². The van der Waals surface area contributed by atoms with E-state index in [0.29, 0.717) is 22.7 Å². The molecule has 2 rings (SSSR count). The first-order valence-electron chi connectivity index (χ1n) is 7.89. The van der Waals surface area contributed by atoms with Gasteiger partial charge in [-0.1, -0.05) is 18.2 Å². The smallest absolute Gasteiger partial charge is 0.329 e. The summed E-state index contributed by atoms with van der Waals surface area (Å²) in [5, 5.41) is 6.40. The molecule has 2 amide bonds. The van der Waals surface area contributed by atoms with E-state index in [1.165, 1.54) is 13.3 Å². The molecule has 0 aliphatic heterocycles. The van der Waals surface area contributed by atoms with Crippen LogP contribution in [0.2, 0.25) is 0 Å². The van der Waals surface area contributed by atoms with Gasteiger partial charge in [-0.3, -0.25) is 9.59 Å². The van der Waals surface area contributed by atoms with Crippen LogP contribution in [0.1, 0.15) is 16.7 Å². The molecule has 26 heavy (non-hydrogen) atoms. The number of anilines is 1. The van der Waals surface area contributed by atoms with Gasteiger partial charge in [0.05, 0.1) is 20.4 Å². The Morgan fingerprint density at radius 3 is 2.23 bits per heavy atom. The van der Waals surface area contributed by atoms with Gasteiger partial charge < -0.3 is 14.8 Å². The molecule has 2 aromatic rings. The molecule has 136 valence electrons. The lowest BCUT2D eigenvalue weighted by atomic mass is 10.1. The third-order valence-electron chi connectivity index (χ3n) is 3.71. The standard InChI is InChI=1S/C19H21N3O4/c1-12-6-5-7-13(2)17(12)21-18(23)19(24)22-20-11-14-8-9-15(25-3)16(10-14)26-4/h5-11H,1-4H3,(H,21,23)(H,22,24)/b20-11+. The third-order valence-corrected chi connectivity index (χ3v) is 3.71. The van der Waals surface area contributed by atoms with Gasteiger partial charge in [-0.2, -0.15) is 5.10 Å². The van der Waals surface area contributed by atoms with Crippen molar-refractivity contribution in [2.45, 2.75) is 13.8 Å². The van der Waals surface area contributed by atoms with Crippen LogP contribution in [0.15, 0.2) is 41.5 Å². The van der Waals surface area contributed by atoms with Gasteiger partial charge in [0.1, 0.15) is 0 Å². The van der Waals surface area contributed by atoms with E-state index in [-0.39, 0.29) is 0 Å². The molecular weight excluding hydrogens is 334 g/mol. The maximum Gasteiger partial charge on any atom is 0.329 e. The lowest BCUT2D eigenvalue weighted by molar-refractivity contribution is -0.136. The van der Waals surface area contributed by atoms with E-state index in [9.17, 15) is 9.59 Å². The second-order valence-electron chi connectivity index (χ2n) is 5.53. The second kappa shape index (κ2) is 8.66. The van der Waals surface area contributed by atoms with Crippen LogP contribution in [0.4, 0.5) is 5.69 Å². The minimum Gasteiger partial charge on any atom is -0.493 e. The molecule has 0 atom stereocenters. The van der Waals surface area contributed by atoms with Gasteiger partial charge in [0.2, 0.25) is 0 Å². The highest BCUT2D eigenvalue weighted by molar-refractivity contribution is 6.39. The lowest BCUT2D eigenvalue weighted by Crippen LogP contribution is -2.32. The monoisotopic (exact) mass is 355 g/mol. The van der Waals surface area contributed by atoms with Crippen LogP contribution < -0.4 is 20.2 Å². The average molecular weight is 355 g/mol. The molecule has 0 aliphatic carbocycles. The van der Waals surface area contributed by atoms with E-state index < -0.39 is 11.8 Å². The molecule has 0 aliphatic rings. The molecule has 0 radical (unpaired) electrons. The van der Waals surface area contributed by atoms with Crippen LogP contribution in [0, 0.1) is 13.8 Å². The number of hydrogen-bond donors (Lipinski definition) is 2. The number of hydrogen-bond acceptors (Lipinski definition) is 5. The maximum absolute atomic E-state index is 12.0. The largest absolute Gasteiger partial charge is 0.493 e. The van der Waals surface area contributed by atoms with Crippen LogP contribution in [0.25, 0.3) is 0 Å². The van der Waals surface area contributed by atoms with E-state index in [1.807, 2.05) is 32.0 Å². The number of nitrogens with zero attached hydrogens (tertiary/aromatic N) is 1. The molecule has 2 N–H and O–H groups in total. The zero-order valence-corrected chi connectivity index (χ0v) is 15.1. The highest BCUT2D eigenvalue weighted by Gasteiger charge is 2.15. The van der Waals surface area contributed by atoms with Crippen LogP contribution in [0.5, 0.6) is 11.5 Å². The Morgan fingerprint density at radius 1 is 0.962 bits per heavy atom. The van der Waals surface area contributed by atoms with Gasteiger partial charge in [0, 0.05) is 5.69 Å². The quantitative estimate of drug-likeness (QED) is 0.490. The SMILES string of the molecule is COc1ccc(/C=N/NC(=O)C(=O)Nc2c(C)cccc2C)cc1OC. The fraction of sp³-hybridized carbons (Fsp3) is 0.211. The van der Waals surface area contributed by atoms with Crippen molar-refractivity contribution < 1.29 is 19.1 Å². The van der Waals surface area contributed by atoms with Gasteiger partial charge in [-0.05, 0) is 48.7 Å². The summed E-state index contributed by atoms with van der Waals surface area (Å²) in [6, 6.07) is 10.8. The number of carbonyl (C=O) groups is 2. The van der Waals surface area contributed by atoms with E-state index >= 15 is 0 Å². The molecule has 2 aromatic carbocycles. The molecule has 0 bridgehead atoms. The Kier molecular flexibility index (Phi) is 6.32. The van der Waals surface area contributed by atoms with E-state index in [2.05, 4.69) is 15.8 Å². The number of hydrazone groups is 1. The highest BCUT2D eigenvalue weighted by Crippen LogP contribution is 2.26. The van der Waals surface area contributed by atoms with Gasteiger partial charge in [-0.25, -0.2) is 5.43 Å². The molecule has 0 saturated carbocycles. The first kappa shape index (κ1) is 19.0. The maximum atomic E-state index is 12.0. The Morgan fingerprint density at radius 2 is 1.62 bits per heavy atom. The number of nitrogens with one attached hydrogen (secondary N) is 2. The van der Waals surface area contributed by atoms with Crippen LogP contribution in [0.3, 0.4) is 0 Å². The molecule has 0 heterocycles. The summed E-state index contributed by atoms with van der Waals surface area (Å²) in [6.07, 6.45) is 1.41. The molecule has 7 heteroatoms. The molecule has 0 fully saturated rings. The van der Waals surface area contributed by atoms with Gasteiger partial charge in [0.15, 0.2) is 11.5 Å². The zero-order chi connectivity index (χ0) is 19.1. The molecule has 7 nitrogen and oxygen atoms in total. The molecule has 0 saturated heterocycles. The minimum atomic E-state index is -0.857. The third kappa shape index (κ3) is 4.60. The fourth-order valence-electron chi connectivity index (χ4n) is 2.33. The number of ether oxygens (including phenoxy) is 2. The van der Waals surface area contributed by atoms with Crippen molar-refractivity contribution in [2.24, 2.45) is 5.10 Å². The summed E-state index contributed by atoms with van der Waals surface area (Å²) in [5.74, 6) is -0.520. The van der Waals surface area contributed by atoms with Crippen molar-refractivity contribution in [1.82, 2.24) is 5.43 Å². The first-order chi connectivity index (χ1) is 12.5. The van der Waals surface area contributed by atoms with Crippen molar-refractivity contribution in [3.05, 3.63) is 53.1 Å². The van der Waals surface area contributed by atoms with Crippen molar-refractivity contribution >= 4 is 23.7 Å². The predicted molar refractivity (Wildman–Crippen MR) is 99.8 cm³/mol. The Labute approximate surface area is 152 Å². The number of carbonyl (C=O) groups excluding carboxylic acids is 2. The summed E-state index contributed by atoms with van der Waals surface area (Å²) in [4.78, 5) is 23.9. The minimum absolute atomic E-state index is 0.538. The number of para-hydroxylation sites is 1. The van der Waals surface area contributed by atoms with E-state index in [1.54, 1.807) is 25.3 Å². The molecule has 0 unspecified atom stereocenters. The Bertz CT molecular complexity index is 826. The summed E-state index contributed by atoms with van der Waals surface area (Å²) < 4.78 is 10.3. The van der Waals surface area contributed by atoms with E-state index in [4.69, 9.17) is 9.47 Å². The molecule has 0 aromatic heterocycles. The highest BCUT2D eigenvalue weighted by atomic mass is 16.5. The zero-order valence-electron chi connectivity index (χ0n) is 15.1. The molecule has 0 spiro atoms. The first-order valence-corrected chi connectivity index (χ1v) is 7.89. The summed E-state index contributed by atoms with van der Waals surface area (Å²) in [6.45, 7) is 3.71. The topological polar surface area (TPSA) is 89.0 Å². The lowest BCUT2D eigenvalue weighted by Gasteiger charge is -2.10. The summed E-state index contributed by atoms with van der Waals surface area (Å²) >= 11 is 0. The Balaban J connectivity index is 1.99. The van der Waals surface area contributed by atoms with Gasteiger partial charge in [0.25, 0.3) is 0 Å². The number of benzene rings is 2. The van der Waals surface area contributed by atoms with Crippen molar-refractivity contribution in [2.75, 3.05) is 19.5 Å². The predicted octanol–water partition coefficient (Wildman–Crippen LogP) is 2.41. The van der Waals surface area contributed by atoms with Crippen molar-refractivity contribution in [3.8, 4) is 11.5 Å². The Hall–Kier alpha value is -3.35. The normalized spacial score (nSPS) is 10.5. The number of aryl methyl sites for hydroxylation is 2. The van der Waals surface area contributed by atoms with Gasteiger partial charge in [-0.15, -0.1) is 0 Å². The number of rotatable bonds is 5. The molecular formula is C19H21N3O4. The van der Waals surface area contributed by atoms with Crippen molar-refractivity contribution in [1.29, 1.82) is 0 Å².